The van der Waals surface area contributed by atoms with Crippen LogP contribution in [-0.2, 0) is 10.0 Å². The van der Waals surface area contributed by atoms with E-state index in [4.69, 9.17) is 5.11 Å². The van der Waals surface area contributed by atoms with E-state index in [0.717, 1.165) is 6.42 Å². The molecule has 2 unspecified atom stereocenters. The SMILES string of the molecule is CCC1CC1NS(=O)(=O)c1cc(C(=O)O)cc(F)c1F. The van der Waals surface area contributed by atoms with Gasteiger partial charge >= 0.3 is 5.97 Å². The third-order valence-corrected chi connectivity index (χ3v) is 4.77. The summed E-state index contributed by atoms with van der Waals surface area (Å²) in [5, 5.41) is 8.76. The van der Waals surface area contributed by atoms with Crippen LogP contribution in [0.4, 0.5) is 8.78 Å². The number of aromatic carboxylic acids is 1. The van der Waals surface area contributed by atoms with Gasteiger partial charge in [0.15, 0.2) is 11.6 Å². The smallest absolute Gasteiger partial charge is 0.335 e. The number of hydrogen-bond acceptors (Lipinski definition) is 3. The first-order valence-electron chi connectivity index (χ1n) is 6.01. The van der Waals surface area contributed by atoms with E-state index in [0.29, 0.717) is 18.6 Å². The Balaban J connectivity index is 2.38. The van der Waals surface area contributed by atoms with E-state index >= 15 is 0 Å². The fourth-order valence-electron chi connectivity index (χ4n) is 1.99. The minimum absolute atomic E-state index is 0.181. The molecule has 8 heteroatoms. The number of carboxylic acids is 1. The second-order valence-electron chi connectivity index (χ2n) is 4.71. The molecule has 0 bridgehead atoms. The van der Waals surface area contributed by atoms with Crippen LogP contribution in [0.2, 0.25) is 0 Å². The van der Waals surface area contributed by atoms with Crippen LogP contribution in [0.5, 0.6) is 0 Å². The van der Waals surface area contributed by atoms with E-state index in [1.165, 1.54) is 0 Å². The molecule has 0 spiro atoms. The lowest BCUT2D eigenvalue weighted by Crippen LogP contribution is -2.28. The number of halogens is 2. The summed E-state index contributed by atoms with van der Waals surface area (Å²) in [6.07, 6.45) is 1.41. The van der Waals surface area contributed by atoms with E-state index in [2.05, 4.69) is 4.72 Å². The number of sulfonamides is 1. The maximum atomic E-state index is 13.6. The minimum Gasteiger partial charge on any atom is -0.478 e. The summed E-state index contributed by atoms with van der Waals surface area (Å²) in [4.78, 5) is 9.80. The summed E-state index contributed by atoms with van der Waals surface area (Å²) in [7, 11) is -4.28. The molecule has 1 aliphatic rings. The van der Waals surface area contributed by atoms with Gasteiger partial charge < -0.3 is 5.11 Å². The highest BCUT2D eigenvalue weighted by atomic mass is 32.2. The molecule has 2 N–H and O–H groups in total. The lowest BCUT2D eigenvalue weighted by atomic mass is 10.2. The summed E-state index contributed by atoms with van der Waals surface area (Å²) in [6, 6.07) is 0.760. The molecular weight excluding hydrogens is 292 g/mol. The predicted octanol–water partition coefficient (Wildman–Crippen LogP) is 1.74. The molecule has 5 nitrogen and oxygen atoms in total. The predicted molar refractivity (Wildman–Crippen MR) is 65.8 cm³/mol. The van der Waals surface area contributed by atoms with Crippen LogP contribution in [0.15, 0.2) is 17.0 Å². The summed E-state index contributed by atoms with van der Waals surface area (Å²) >= 11 is 0. The highest BCUT2D eigenvalue weighted by molar-refractivity contribution is 7.89. The maximum absolute atomic E-state index is 13.6. The van der Waals surface area contributed by atoms with Crippen LogP contribution >= 0.6 is 0 Å². The zero-order valence-corrected chi connectivity index (χ0v) is 11.4. The molecule has 0 aromatic heterocycles. The zero-order valence-electron chi connectivity index (χ0n) is 10.6. The molecule has 20 heavy (non-hydrogen) atoms. The Bertz CT molecular complexity index is 660. The molecule has 1 saturated carbocycles. The number of benzene rings is 1. The normalized spacial score (nSPS) is 21.8. The van der Waals surface area contributed by atoms with Gasteiger partial charge in [0, 0.05) is 6.04 Å². The third-order valence-electron chi connectivity index (χ3n) is 3.28. The Morgan fingerprint density at radius 2 is 2.10 bits per heavy atom. The van der Waals surface area contributed by atoms with Gasteiger partial charge in [-0.3, -0.25) is 0 Å². The van der Waals surface area contributed by atoms with E-state index < -0.39 is 38.1 Å². The third kappa shape index (κ3) is 2.80. The number of hydrogen-bond donors (Lipinski definition) is 2. The molecule has 1 aromatic carbocycles. The maximum Gasteiger partial charge on any atom is 0.335 e. The zero-order chi connectivity index (χ0) is 15.1. The fourth-order valence-corrected chi connectivity index (χ4v) is 3.42. The number of nitrogens with one attached hydrogen (secondary N) is 1. The first kappa shape index (κ1) is 14.9. The fraction of sp³-hybridized carbons (Fsp3) is 0.417. The molecule has 2 rings (SSSR count). The largest absolute Gasteiger partial charge is 0.478 e. The van der Waals surface area contributed by atoms with Crippen LogP contribution < -0.4 is 4.72 Å². The average molecular weight is 305 g/mol. The number of carboxylic acid groups (broad SMARTS) is 1. The Morgan fingerprint density at radius 1 is 1.45 bits per heavy atom. The summed E-state index contributed by atoms with van der Waals surface area (Å²) in [5.74, 6) is -4.43. The van der Waals surface area contributed by atoms with Crippen LogP contribution in [0, 0.1) is 17.6 Å². The topological polar surface area (TPSA) is 83.5 Å². The van der Waals surface area contributed by atoms with Gasteiger partial charge in [-0.25, -0.2) is 26.7 Å². The lowest BCUT2D eigenvalue weighted by Gasteiger charge is -2.09. The van der Waals surface area contributed by atoms with Crippen molar-refractivity contribution in [2.24, 2.45) is 5.92 Å². The van der Waals surface area contributed by atoms with Crippen molar-refractivity contribution in [2.45, 2.75) is 30.7 Å². The van der Waals surface area contributed by atoms with Crippen molar-refractivity contribution in [3.8, 4) is 0 Å². The molecule has 110 valence electrons. The molecule has 0 saturated heterocycles. The van der Waals surface area contributed by atoms with Gasteiger partial charge in [-0.15, -0.1) is 0 Å². The highest BCUT2D eigenvalue weighted by Crippen LogP contribution is 2.34. The second kappa shape index (κ2) is 5.10. The quantitative estimate of drug-likeness (QED) is 0.868. The minimum atomic E-state index is -4.28. The molecule has 1 aromatic rings. The second-order valence-corrected chi connectivity index (χ2v) is 6.39. The monoisotopic (exact) mass is 305 g/mol. The van der Waals surface area contributed by atoms with Gasteiger partial charge in [-0.2, -0.15) is 0 Å². The van der Waals surface area contributed by atoms with Gasteiger partial charge in [0.2, 0.25) is 10.0 Å². The average Bonchev–Trinajstić information content (AvgIpc) is 3.09. The number of carbonyl (C=O) groups is 1. The summed E-state index contributed by atoms with van der Waals surface area (Å²) < 4.78 is 53.1. The van der Waals surface area contributed by atoms with Crippen LogP contribution in [0.3, 0.4) is 0 Å². The summed E-state index contributed by atoms with van der Waals surface area (Å²) in [6.45, 7) is 1.89. The van der Waals surface area contributed by atoms with Gasteiger partial charge in [0.25, 0.3) is 0 Å². The van der Waals surface area contributed by atoms with Crippen LogP contribution in [0.1, 0.15) is 30.1 Å². The first-order valence-corrected chi connectivity index (χ1v) is 7.49. The molecule has 0 radical (unpaired) electrons. The van der Waals surface area contributed by atoms with Gasteiger partial charge in [0.05, 0.1) is 5.56 Å². The van der Waals surface area contributed by atoms with Crippen molar-refractivity contribution >= 4 is 16.0 Å². The van der Waals surface area contributed by atoms with Crippen LogP contribution in [-0.4, -0.2) is 25.5 Å². The molecule has 1 aliphatic carbocycles. The lowest BCUT2D eigenvalue weighted by molar-refractivity contribution is 0.0696. The highest BCUT2D eigenvalue weighted by Gasteiger charge is 2.39. The molecule has 0 heterocycles. The van der Waals surface area contributed by atoms with E-state index in [1.54, 1.807) is 0 Å². The van der Waals surface area contributed by atoms with E-state index in [9.17, 15) is 22.0 Å². The van der Waals surface area contributed by atoms with Crippen molar-refractivity contribution < 1.29 is 27.1 Å². The van der Waals surface area contributed by atoms with E-state index in [1.807, 2.05) is 6.92 Å². The Labute approximate surface area is 114 Å². The Hall–Kier alpha value is -1.54. The van der Waals surface area contributed by atoms with E-state index in [-0.39, 0.29) is 12.0 Å². The molecule has 0 amide bonds. The van der Waals surface area contributed by atoms with Gasteiger partial charge in [-0.05, 0) is 24.5 Å². The Kier molecular flexibility index (Phi) is 3.79. The van der Waals surface area contributed by atoms with Crippen molar-refractivity contribution in [3.63, 3.8) is 0 Å². The summed E-state index contributed by atoms with van der Waals surface area (Å²) in [5.41, 5.74) is -0.618. The van der Waals surface area contributed by atoms with Crippen LogP contribution in [0.25, 0.3) is 0 Å². The van der Waals surface area contributed by atoms with Crippen molar-refractivity contribution in [1.82, 2.24) is 4.72 Å². The van der Waals surface area contributed by atoms with Gasteiger partial charge in [-0.1, -0.05) is 13.3 Å². The molecular formula is C12H13F2NO4S. The van der Waals surface area contributed by atoms with Crippen molar-refractivity contribution in [3.05, 3.63) is 29.3 Å². The van der Waals surface area contributed by atoms with Crippen molar-refractivity contribution in [2.75, 3.05) is 0 Å². The van der Waals surface area contributed by atoms with Crippen molar-refractivity contribution in [1.29, 1.82) is 0 Å². The molecule has 0 aliphatic heterocycles. The number of rotatable bonds is 5. The molecule has 2 atom stereocenters. The molecule has 1 fully saturated rings. The van der Waals surface area contributed by atoms with Gasteiger partial charge in [0.1, 0.15) is 4.90 Å². The first-order chi connectivity index (χ1) is 9.26. The standard InChI is InChI=1S/C12H13F2NO4S/c1-2-6-4-9(6)15-20(18,19)10-5-7(12(16)17)3-8(13)11(10)14/h3,5-6,9,15H,2,4H2,1H3,(H,16,17). The Morgan fingerprint density at radius 3 is 2.60 bits per heavy atom.